The van der Waals surface area contributed by atoms with Crippen molar-refractivity contribution in [1.82, 2.24) is 0 Å². The summed E-state index contributed by atoms with van der Waals surface area (Å²) in [4.78, 5) is 0. The molecule has 3 nitrogen and oxygen atoms in total. The van der Waals surface area contributed by atoms with Crippen molar-refractivity contribution in [3.05, 3.63) is 0 Å². The highest BCUT2D eigenvalue weighted by Crippen LogP contribution is 2.46. The highest BCUT2D eigenvalue weighted by molar-refractivity contribution is 6.78. The van der Waals surface area contributed by atoms with Crippen LogP contribution in [-0.2, 0) is 8.85 Å². The molecule has 0 aromatic heterocycles. The van der Waals surface area contributed by atoms with Gasteiger partial charge >= 0.3 is 0 Å². The van der Waals surface area contributed by atoms with Crippen molar-refractivity contribution in [1.29, 1.82) is 0 Å². The van der Waals surface area contributed by atoms with Gasteiger partial charge in [-0.2, -0.15) is 0 Å². The van der Waals surface area contributed by atoms with Crippen LogP contribution in [0, 0.1) is 11.8 Å². The predicted octanol–water partition coefficient (Wildman–Crippen LogP) is 7.37. The summed E-state index contributed by atoms with van der Waals surface area (Å²) in [5.74, 6) is 0.669. The zero-order valence-electron chi connectivity index (χ0n) is 21.6. The lowest BCUT2D eigenvalue weighted by atomic mass is 9.72. The molecule has 0 heterocycles. The second-order valence-corrected chi connectivity index (χ2v) is 22.4. The van der Waals surface area contributed by atoms with Crippen LogP contribution in [0.1, 0.15) is 89.5 Å². The van der Waals surface area contributed by atoms with Crippen molar-refractivity contribution in [3.63, 3.8) is 0 Å². The molecule has 1 saturated carbocycles. The quantitative estimate of drug-likeness (QED) is 0.319. The van der Waals surface area contributed by atoms with Gasteiger partial charge < -0.3 is 14.0 Å². The van der Waals surface area contributed by atoms with Gasteiger partial charge in [-0.05, 0) is 45.6 Å². The topological polar surface area (TPSA) is 38.7 Å². The average molecular weight is 445 g/mol. The van der Waals surface area contributed by atoms with Crippen LogP contribution < -0.4 is 0 Å². The summed E-state index contributed by atoms with van der Waals surface area (Å²) >= 11 is 0. The first-order valence-electron chi connectivity index (χ1n) is 12.2. The Morgan fingerprint density at radius 3 is 1.21 bits per heavy atom. The molecule has 1 aliphatic rings. The molecule has 0 spiro atoms. The molecule has 3 atom stereocenters. The van der Waals surface area contributed by atoms with Crippen molar-refractivity contribution in [2.45, 2.75) is 129 Å². The largest absolute Gasteiger partial charge is 0.416 e. The Balaban J connectivity index is 2.87. The minimum atomic E-state index is -1.89. The fraction of sp³-hybridized carbons (Fsp3) is 1.00. The molecule has 0 unspecified atom stereocenters. The van der Waals surface area contributed by atoms with Crippen molar-refractivity contribution in [3.8, 4) is 0 Å². The van der Waals surface area contributed by atoms with Crippen molar-refractivity contribution >= 4 is 16.6 Å². The lowest BCUT2D eigenvalue weighted by molar-refractivity contribution is -0.0741. The molecule has 1 rings (SSSR count). The predicted molar refractivity (Wildman–Crippen MR) is 132 cm³/mol. The maximum atomic E-state index is 10.5. The van der Waals surface area contributed by atoms with Crippen LogP contribution in [0.15, 0.2) is 0 Å². The molecule has 1 N–H and O–H groups in total. The van der Waals surface area contributed by atoms with E-state index in [1.807, 2.05) is 0 Å². The molecule has 0 aliphatic heterocycles. The molecule has 0 bridgehead atoms. The van der Waals surface area contributed by atoms with E-state index in [9.17, 15) is 5.11 Å². The van der Waals surface area contributed by atoms with Gasteiger partial charge in [0.2, 0.25) is 0 Å². The summed E-state index contributed by atoms with van der Waals surface area (Å²) in [5.41, 5.74) is 3.55. The van der Waals surface area contributed by atoms with Crippen molar-refractivity contribution < 1.29 is 14.0 Å². The number of hydrogen-bond acceptors (Lipinski definition) is 3. The van der Waals surface area contributed by atoms with E-state index >= 15 is 0 Å². The van der Waals surface area contributed by atoms with E-state index in [2.05, 4.69) is 83.1 Å². The van der Waals surface area contributed by atoms with E-state index in [1.54, 1.807) is 0 Å². The van der Waals surface area contributed by atoms with E-state index < -0.39 is 16.6 Å². The van der Waals surface area contributed by atoms with Gasteiger partial charge in [-0.3, -0.25) is 0 Å². The monoisotopic (exact) mass is 444 g/mol. The Hall–Kier alpha value is 0.314. The summed E-state index contributed by atoms with van der Waals surface area (Å²) in [7, 11) is -3.74. The Morgan fingerprint density at radius 2 is 0.931 bits per heavy atom. The first-order valence-corrected chi connectivity index (χ1v) is 16.5. The molecular formula is C24H52O3Si2. The van der Waals surface area contributed by atoms with Crippen LogP contribution in [-0.4, -0.2) is 41.1 Å². The molecule has 0 aromatic rings. The summed E-state index contributed by atoms with van der Waals surface area (Å²) in [6.45, 7) is 29.5. The smallest absolute Gasteiger partial charge is 0.200 e. The maximum absolute atomic E-state index is 10.5. The van der Waals surface area contributed by atoms with Crippen LogP contribution in [0.3, 0.4) is 0 Å². The van der Waals surface area contributed by atoms with Crippen LogP contribution in [0.5, 0.6) is 0 Å². The first-order chi connectivity index (χ1) is 13.2. The summed E-state index contributed by atoms with van der Waals surface area (Å²) in [5, 5.41) is 10.5. The van der Waals surface area contributed by atoms with E-state index in [4.69, 9.17) is 8.85 Å². The Labute approximate surface area is 184 Å². The normalized spacial score (nSPS) is 23.9. The molecule has 174 valence electrons. The molecule has 0 radical (unpaired) electrons. The third-order valence-electron chi connectivity index (χ3n) is 8.13. The van der Waals surface area contributed by atoms with Crippen LogP contribution in [0.25, 0.3) is 0 Å². The van der Waals surface area contributed by atoms with Crippen molar-refractivity contribution in [2.75, 3.05) is 13.2 Å². The Morgan fingerprint density at radius 1 is 0.621 bits per heavy atom. The van der Waals surface area contributed by atoms with Gasteiger partial charge in [-0.25, -0.2) is 0 Å². The first kappa shape index (κ1) is 27.3. The molecule has 1 aliphatic carbocycles. The summed E-state index contributed by atoms with van der Waals surface area (Å²) in [6, 6.07) is 0. The molecular weight excluding hydrogens is 392 g/mol. The van der Waals surface area contributed by atoms with Gasteiger partial charge in [0.1, 0.15) is 0 Å². The van der Waals surface area contributed by atoms with Crippen LogP contribution >= 0.6 is 0 Å². The number of aliphatic hydroxyl groups excluding tert-OH is 1. The lowest BCUT2D eigenvalue weighted by Crippen LogP contribution is -2.55. The second kappa shape index (κ2) is 10.8. The third-order valence-corrected chi connectivity index (χ3v) is 20.3. The zero-order chi connectivity index (χ0) is 22.7. The number of rotatable bonds is 12. The highest BCUT2D eigenvalue weighted by Gasteiger charge is 2.50. The minimum Gasteiger partial charge on any atom is -0.416 e. The summed E-state index contributed by atoms with van der Waals surface area (Å²) in [6.07, 6.45) is 0.641. The van der Waals surface area contributed by atoms with Gasteiger partial charge in [-0.1, -0.05) is 83.1 Å². The molecule has 5 heteroatoms. The third kappa shape index (κ3) is 5.39. The standard InChI is InChI=1S/C24H52O3Si2/c1-16(2)28(17(3)4,18(5)6)26-14-22-13-24(25)23(22)15-27-29(19(7)8,20(9)10)21(11)12/h16-25H,13-15H2,1-12H3/t22-,23-,24+/m1/s1. The second-order valence-electron chi connectivity index (χ2n) is 11.5. The van der Waals surface area contributed by atoms with Gasteiger partial charge in [0.05, 0.1) is 6.10 Å². The average Bonchev–Trinajstić information content (AvgIpc) is 2.55. The SMILES string of the molecule is CC(C)[Si](OC[C@H]1C[C@H](O)[C@@H]1CO[Si](C(C)C)(C(C)C)C(C)C)(C(C)C)C(C)C. The molecule has 0 saturated heterocycles. The molecule has 0 amide bonds. The van der Waals surface area contributed by atoms with E-state index in [1.165, 1.54) is 0 Å². The van der Waals surface area contributed by atoms with E-state index in [-0.39, 0.29) is 12.0 Å². The lowest BCUT2D eigenvalue weighted by Gasteiger charge is -2.49. The van der Waals surface area contributed by atoms with Crippen molar-refractivity contribution in [2.24, 2.45) is 11.8 Å². The zero-order valence-corrected chi connectivity index (χ0v) is 23.6. The molecule has 29 heavy (non-hydrogen) atoms. The molecule has 1 fully saturated rings. The van der Waals surface area contributed by atoms with Gasteiger partial charge in [0, 0.05) is 19.1 Å². The fourth-order valence-corrected chi connectivity index (χ4v) is 17.7. The maximum Gasteiger partial charge on any atom is 0.200 e. The Kier molecular flexibility index (Phi) is 10.1. The van der Waals surface area contributed by atoms with E-state index in [0.29, 0.717) is 45.8 Å². The Bertz CT molecular complexity index is 445. The van der Waals surface area contributed by atoms with E-state index in [0.717, 1.165) is 13.0 Å². The minimum absolute atomic E-state index is 0.227. The fourth-order valence-electron chi connectivity index (χ4n) is 6.71. The molecule has 0 aromatic carbocycles. The van der Waals surface area contributed by atoms with Gasteiger partial charge in [-0.15, -0.1) is 0 Å². The summed E-state index contributed by atoms with van der Waals surface area (Å²) < 4.78 is 13.7. The number of aliphatic hydroxyl groups is 1. The van der Waals surface area contributed by atoms with Gasteiger partial charge in [0.15, 0.2) is 16.6 Å². The van der Waals surface area contributed by atoms with Gasteiger partial charge in [0.25, 0.3) is 0 Å². The van der Waals surface area contributed by atoms with Crippen LogP contribution in [0.4, 0.5) is 0 Å². The van der Waals surface area contributed by atoms with Crippen LogP contribution in [0.2, 0.25) is 33.2 Å². The number of hydrogen-bond donors (Lipinski definition) is 1. The highest BCUT2D eigenvalue weighted by atomic mass is 28.4.